The van der Waals surface area contributed by atoms with Gasteiger partial charge in [0, 0.05) is 24.1 Å². The molecule has 0 radical (unpaired) electrons. The van der Waals surface area contributed by atoms with Crippen LogP contribution in [-0.2, 0) is 9.59 Å². The van der Waals surface area contributed by atoms with Gasteiger partial charge in [-0.1, -0.05) is 49.2 Å². The summed E-state index contributed by atoms with van der Waals surface area (Å²) in [6, 6.07) is 13.1. The topological polar surface area (TPSA) is 67.9 Å². The Morgan fingerprint density at radius 2 is 1.88 bits per heavy atom. The van der Waals surface area contributed by atoms with Crippen molar-refractivity contribution in [2.45, 2.75) is 58.5 Å². The predicted octanol–water partition coefficient (Wildman–Crippen LogP) is 4.97. The predicted molar refractivity (Wildman–Crippen MR) is 129 cm³/mol. The van der Waals surface area contributed by atoms with Crippen molar-refractivity contribution < 1.29 is 19.1 Å². The van der Waals surface area contributed by atoms with Gasteiger partial charge < -0.3 is 19.7 Å². The summed E-state index contributed by atoms with van der Waals surface area (Å²) < 4.78 is 11.1. The van der Waals surface area contributed by atoms with Crippen molar-refractivity contribution in [2.75, 3.05) is 20.8 Å². The maximum Gasteiger partial charge on any atom is 0.226 e. The summed E-state index contributed by atoms with van der Waals surface area (Å²) in [4.78, 5) is 28.5. The molecule has 3 unspecified atom stereocenters. The van der Waals surface area contributed by atoms with Gasteiger partial charge in [0.25, 0.3) is 0 Å². The van der Waals surface area contributed by atoms with Crippen LogP contribution in [0.25, 0.3) is 0 Å². The fraction of sp³-hybridized carbons (Fsp3) is 0.481. The highest BCUT2D eigenvalue weighted by Crippen LogP contribution is 2.41. The van der Waals surface area contributed by atoms with Crippen molar-refractivity contribution in [3.8, 4) is 11.5 Å². The van der Waals surface area contributed by atoms with Crippen LogP contribution in [0.4, 0.5) is 0 Å². The van der Waals surface area contributed by atoms with E-state index in [4.69, 9.17) is 9.47 Å². The molecule has 6 nitrogen and oxygen atoms in total. The Labute approximate surface area is 197 Å². The van der Waals surface area contributed by atoms with Crippen LogP contribution in [0.3, 0.4) is 0 Å². The Morgan fingerprint density at radius 3 is 2.58 bits per heavy atom. The monoisotopic (exact) mass is 452 g/mol. The Hall–Kier alpha value is -3.02. The third-order valence-electron chi connectivity index (χ3n) is 6.46. The number of hydrogen-bond donors (Lipinski definition) is 1. The van der Waals surface area contributed by atoms with Crippen molar-refractivity contribution in [2.24, 2.45) is 5.92 Å². The summed E-state index contributed by atoms with van der Waals surface area (Å²) >= 11 is 0. The number of carbonyl (C=O) groups is 2. The number of aryl methyl sites for hydroxylation is 1. The van der Waals surface area contributed by atoms with Gasteiger partial charge in [0.15, 0.2) is 0 Å². The van der Waals surface area contributed by atoms with Crippen LogP contribution in [0.5, 0.6) is 11.5 Å². The second-order valence-corrected chi connectivity index (χ2v) is 8.75. The maximum absolute atomic E-state index is 13.6. The van der Waals surface area contributed by atoms with Crippen molar-refractivity contribution >= 4 is 11.8 Å². The third kappa shape index (κ3) is 5.49. The molecule has 1 fully saturated rings. The molecular weight excluding hydrogens is 416 g/mol. The van der Waals surface area contributed by atoms with Gasteiger partial charge in [-0.3, -0.25) is 9.59 Å². The number of ether oxygens (including phenoxy) is 2. The van der Waals surface area contributed by atoms with Gasteiger partial charge in [-0.05, 0) is 38.8 Å². The second-order valence-electron chi connectivity index (χ2n) is 8.75. The zero-order valence-corrected chi connectivity index (χ0v) is 20.4. The summed E-state index contributed by atoms with van der Waals surface area (Å²) in [7, 11) is 3.26. The number of piperidine rings is 1. The van der Waals surface area contributed by atoms with Gasteiger partial charge in [0.1, 0.15) is 11.5 Å². The minimum atomic E-state index is -0.367. The summed E-state index contributed by atoms with van der Waals surface area (Å²) in [6.07, 6.45) is 2.75. The third-order valence-corrected chi connectivity index (χ3v) is 6.46. The largest absolute Gasteiger partial charge is 0.496 e. The number of methoxy groups -OCH3 is 2. The quantitative estimate of drug-likeness (QED) is 0.583. The van der Waals surface area contributed by atoms with Crippen LogP contribution in [0.2, 0.25) is 0 Å². The zero-order valence-electron chi connectivity index (χ0n) is 20.4. The van der Waals surface area contributed by atoms with Crippen LogP contribution in [-0.4, -0.2) is 37.5 Å². The minimum absolute atomic E-state index is 0.0593. The molecule has 0 saturated carbocycles. The van der Waals surface area contributed by atoms with Crippen LogP contribution in [0.1, 0.15) is 68.3 Å². The van der Waals surface area contributed by atoms with E-state index >= 15 is 0 Å². The molecule has 1 N–H and O–H groups in total. The smallest absolute Gasteiger partial charge is 0.226 e. The lowest BCUT2D eigenvalue weighted by Crippen LogP contribution is -2.48. The summed E-state index contributed by atoms with van der Waals surface area (Å²) in [6.45, 7) is 6.72. The number of para-hydroxylation sites is 1. The SMILES string of the molecule is CCCCN1C(=O)CCC(C(=O)NC(C)c2cc(C)ccc2OC)C1c1ccccc1OC. The number of amides is 2. The van der Waals surface area contributed by atoms with Crippen LogP contribution in [0.15, 0.2) is 42.5 Å². The van der Waals surface area contributed by atoms with E-state index in [1.165, 1.54) is 0 Å². The van der Waals surface area contributed by atoms with E-state index in [9.17, 15) is 9.59 Å². The van der Waals surface area contributed by atoms with E-state index in [0.29, 0.717) is 25.1 Å². The highest BCUT2D eigenvalue weighted by molar-refractivity contribution is 5.85. The van der Waals surface area contributed by atoms with Gasteiger partial charge in [-0.2, -0.15) is 0 Å². The molecule has 178 valence electrons. The van der Waals surface area contributed by atoms with Gasteiger partial charge in [-0.15, -0.1) is 0 Å². The molecular formula is C27H36N2O4. The number of nitrogens with one attached hydrogen (secondary N) is 1. The first kappa shape index (κ1) is 24.6. The Balaban J connectivity index is 1.94. The normalized spacial score (nSPS) is 19.2. The Bertz CT molecular complexity index is 974. The van der Waals surface area contributed by atoms with Crippen molar-refractivity contribution in [3.63, 3.8) is 0 Å². The van der Waals surface area contributed by atoms with Crippen LogP contribution in [0, 0.1) is 12.8 Å². The number of unbranched alkanes of at least 4 members (excludes halogenated alkanes) is 1. The number of nitrogens with zero attached hydrogens (tertiary/aromatic N) is 1. The first-order valence-electron chi connectivity index (χ1n) is 11.8. The molecule has 0 aliphatic carbocycles. The number of hydrogen-bond acceptors (Lipinski definition) is 4. The molecule has 33 heavy (non-hydrogen) atoms. The molecule has 1 heterocycles. The van der Waals surface area contributed by atoms with E-state index in [1.807, 2.05) is 61.2 Å². The van der Waals surface area contributed by atoms with Crippen molar-refractivity contribution in [1.82, 2.24) is 10.2 Å². The fourth-order valence-electron chi connectivity index (χ4n) is 4.71. The lowest BCUT2D eigenvalue weighted by atomic mass is 9.82. The van der Waals surface area contributed by atoms with Crippen LogP contribution < -0.4 is 14.8 Å². The second kappa shape index (κ2) is 11.2. The van der Waals surface area contributed by atoms with Gasteiger partial charge in [0.2, 0.25) is 11.8 Å². The number of likely N-dealkylation sites (tertiary alicyclic amines) is 1. The standard InChI is InChI=1S/C27H36N2O4/c1-6-7-16-29-25(30)15-13-21(26(29)20-10-8-9-11-23(20)32-4)27(31)28-19(3)22-17-18(2)12-14-24(22)33-5/h8-12,14,17,19,21,26H,6-7,13,15-16H2,1-5H3,(H,28,31). The zero-order chi connectivity index (χ0) is 24.0. The highest BCUT2D eigenvalue weighted by atomic mass is 16.5. The van der Waals surface area contributed by atoms with Gasteiger partial charge in [-0.25, -0.2) is 0 Å². The number of rotatable bonds is 9. The average molecular weight is 453 g/mol. The summed E-state index contributed by atoms with van der Waals surface area (Å²) in [5, 5.41) is 3.20. The molecule has 0 spiro atoms. The van der Waals surface area contributed by atoms with Gasteiger partial charge >= 0.3 is 0 Å². The van der Waals surface area contributed by atoms with E-state index in [0.717, 1.165) is 35.3 Å². The molecule has 0 bridgehead atoms. The molecule has 3 atom stereocenters. The molecule has 2 aromatic carbocycles. The molecule has 6 heteroatoms. The molecule has 0 aromatic heterocycles. The first-order valence-corrected chi connectivity index (χ1v) is 11.8. The summed E-state index contributed by atoms with van der Waals surface area (Å²) in [5.74, 6) is 1.12. The lowest BCUT2D eigenvalue weighted by molar-refractivity contribution is -0.143. The Kier molecular flexibility index (Phi) is 8.37. The van der Waals surface area contributed by atoms with E-state index in [-0.39, 0.29) is 29.8 Å². The van der Waals surface area contributed by atoms with E-state index in [1.54, 1.807) is 14.2 Å². The number of benzene rings is 2. The van der Waals surface area contributed by atoms with E-state index < -0.39 is 0 Å². The Morgan fingerprint density at radius 1 is 1.15 bits per heavy atom. The molecule has 2 amide bonds. The fourth-order valence-corrected chi connectivity index (χ4v) is 4.71. The molecule has 3 rings (SSSR count). The molecule has 1 aliphatic heterocycles. The summed E-state index contributed by atoms with van der Waals surface area (Å²) in [5.41, 5.74) is 2.92. The number of carbonyl (C=O) groups excluding carboxylic acids is 2. The van der Waals surface area contributed by atoms with E-state index in [2.05, 4.69) is 12.2 Å². The highest BCUT2D eigenvalue weighted by Gasteiger charge is 2.41. The molecule has 1 aliphatic rings. The minimum Gasteiger partial charge on any atom is -0.496 e. The van der Waals surface area contributed by atoms with Crippen LogP contribution >= 0.6 is 0 Å². The molecule has 2 aromatic rings. The van der Waals surface area contributed by atoms with Crippen molar-refractivity contribution in [3.05, 3.63) is 59.2 Å². The van der Waals surface area contributed by atoms with Gasteiger partial charge in [0.05, 0.1) is 32.2 Å². The lowest BCUT2D eigenvalue weighted by Gasteiger charge is -2.41. The average Bonchev–Trinajstić information content (AvgIpc) is 2.82. The first-order chi connectivity index (χ1) is 15.9. The molecule has 1 saturated heterocycles. The maximum atomic E-state index is 13.6. The van der Waals surface area contributed by atoms with Crippen molar-refractivity contribution in [1.29, 1.82) is 0 Å².